The van der Waals surface area contributed by atoms with Crippen molar-refractivity contribution in [2.24, 2.45) is 4.99 Å². The third-order valence-electron chi connectivity index (χ3n) is 3.72. The van der Waals surface area contributed by atoms with E-state index in [4.69, 9.17) is 4.74 Å². The summed E-state index contributed by atoms with van der Waals surface area (Å²) in [7, 11) is 0. The van der Waals surface area contributed by atoms with Crippen molar-refractivity contribution in [3.63, 3.8) is 0 Å². The molecule has 1 heterocycles. The van der Waals surface area contributed by atoms with Gasteiger partial charge in [-0.25, -0.2) is 5.43 Å². The van der Waals surface area contributed by atoms with Crippen molar-refractivity contribution in [1.29, 1.82) is 0 Å². The summed E-state index contributed by atoms with van der Waals surface area (Å²) in [6, 6.07) is 18.8. The highest BCUT2D eigenvalue weighted by atomic mass is 16.5. The second-order valence-corrected chi connectivity index (χ2v) is 5.82. The first-order valence-electron chi connectivity index (χ1n) is 8.50. The minimum atomic E-state index is -0.339. The lowest BCUT2D eigenvalue weighted by molar-refractivity contribution is -0.115. The third-order valence-corrected chi connectivity index (χ3v) is 3.72. The number of benzene rings is 2. The van der Waals surface area contributed by atoms with Crippen molar-refractivity contribution in [3.8, 4) is 11.5 Å². The highest BCUT2D eigenvalue weighted by Crippen LogP contribution is 2.27. The zero-order valence-electron chi connectivity index (χ0n) is 14.9. The minimum Gasteiger partial charge on any atom is -0.457 e. The van der Waals surface area contributed by atoms with Crippen LogP contribution in [0.1, 0.15) is 11.1 Å². The van der Waals surface area contributed by atoms with Gasteiger partial charge < -0.3 is 4.74 Å². The second kappa shape index (κ2) is 9.26. The molecule has 1 amide bonds. The molecule has 0 saturated carbocycles. The topological polar surface area (TPSA) is 75.6 Å². The fourth-order valence-electron chi connectivity index (χ4n) is 2.32. The summed E-state index contributed by atoms with van der Waals surface area (Å²) < 4.78 is 5.88. The highest BCUT2D eigenvalue weighted by Gasteiger charge is 2.02. The Labute approximate surface area is 157 Å². The molecule has 0 radical (unpaired) electrons. The molecule has 0 saturated heterocycles. The predicted molar refractivity (Wildman–Crippen MR) is 105 cm³/mol. The second-order valence-electron chi connectivity index (χ2n) is 5.82. The van der Waals surface area contributed by atoms with Crippen LogP contribution in [-0.4, -0.2) is 17.1 Å². The standard InChI is InChI=1S/C21H20N4O2/c1-16-5-2-3-8-20(16)27-19-7-4-6-18(13-19)23-15-21(26)25-24-14-17-9-11-22-12-10-17/h2-13,15,24H,14H2,1H3,(H,25,26). The van der Waals surface area contributed by atoms with E-state index < -0.39 is 0 Å². The third kappa shape index (κ3) is 5.76. The van der Waals surface area contributed by atoms with Crippen LogP contribution in [0.25, 0.3) is 0 Å². The Bertz CT molecular complexity index is 926. The molecule has 27 heavy (non-hydrogen) atoms. The van der Waals surface area contributed by atoms with Gasteiger partial charge in [-0.05, 0) is 48.4 Å². The van der Waals surface area contributed by atoms with Gasteiger partial charge in [0.25, 0.3) is 5.91 Å². The molecule has 0 atom stereocenters. The first-order chi connectivity index (χ1) is 13.2. The number of nitrogens with one attached hydrogen (secondary N) is 2. The first-order valence-corrected chi connectivity index (χ1v) is 8.50. The van der Waals surface area contributed by atoms with Crippen LogP contribution in [0.3, 0.4) is 0 Å². The molecular weight excluding hydrogens is 340 g/mol. The van der Waals surface area contributed by atoms with Crippen molar-refractivity contribution in [1.82, 2.24) is 15.8 Å². The van der Waals surface area contributed by atoms with E-state index in [-0.39, 0.29) is 5.91 Å². The number of pyridine rings is 1. The van der Waals surface area contributed by atoms with Crippen LogP contribution < -0.4 is 15.6 Å². The van der Waals surface area contributed by atoms with Crippen LogP contribution in [0.5, 0.6) is 11.5 Å². The molecule has 6 heteroatoms. The normalized spacial score (nSPS) is 10.7. The summed E-state index contributed by atoms with van der Waals surface area (Å²) in [5.41, 5.74) is 8.11. The molecule has 2 N–H and O–H groups in total. The van der Waals surface area contributed by atoms with Crippen LogP contribution in [0.4, 0.5) is 5.69 Å². The fourth-order valence-corrected chi connectivity index (χ4v) is 2.32. The quantitative estimate of drug-likeness (QED) is 0.497. The molecule has 6 nitrogen and oxygen atoms in total. The number of rotatable bonds is 7. The van der Waals surface area contributed by atoms with Crippen molar-refractivity contribution in [3.05, 3.63) is 84.2 Å². The Morgan fingerprint density at radius 3 is 2.74 bits per heavy atom. The maximum absolute atomic E-state index is 11.9. The first kappa shape index (κ1) is 18.3. The molecule has 0 bridgehead atoms. The fraction of sp³-hybridized carbons (Fsp3) is 0.0952. The number of aliphatic imine (C=N–C) groups is 1. The molecule has 0 spiro atoms. The molecule has 2 aromatic carbocycles. The lowest BCUT2D eigenvalue weighted by Crippen LogP contribution is -2.37. The number of para-hydroxylation sites is 1. The average molecular weight is 360 g/mol. The number of nitrogens with zero attached hydrogens (tertiary/aromatic N) is 2. The summed E-state index contributed by atoms with van der Waals surface area (Å²) in [6.45, 7) is 2.49. The number of hydrogen-bond acceptors (Lipinski definition) is 5. The summed E-state index contributed by atoms with van der Waals surface area (Å²) in [6.07, 6.45) is 4.63. The highest BCUT2D eigenvalue weighted by molar-refractivity contribution is 6.26. The van der Waals surface area contributed by atoms with E-state index in [1.165, 1.54) is 6.21 Å². The summed E-state index contributed by atoms with van der Waals surface area (Å²) >= 11 is 0. The van der Waals surface area contributed by atoms with Crippen molar-refractivity contribution in [2.45, 2.75) is 13.5 Å². The number of aromatic nitrogens is 1. The van der Waals surface area contributed by atoms with Gasteiger partial charge in [-0.1, -0.05) is 24.3 Å². The number of carbonyl (C=O) groups is 1. The Kier molecular flexibility index (Phi) is 6.27. The van der Waals surface area contributed by atoms with Gasteiger partial charge >= 0.3 is 0 Å². The zero-order valence-corrected chi connectivity index (χ0v) is 14.9. The molecule has 136 valence electrons. The number of amides is 1. The van der Waals surface area contributed by atoms with Gasteiger partial charge in [-0.2, -0.15) is 0 Å². The molecular formula is C21H20N4O2. The van der Waals surface area contributed by atoms with Crippen LogP contribution in [0.2, 0.25) is 0 Å². The summed E-state index contributed by atoms with van der Waals surface area (Å²) in [5.74, 6) is 1.11. The molecule has 0 aliphatic carbocycles. The number of carbonyl (C=O) groups excluding carboxylic acids is 1. The van der Waals surface area contributed by atoms with Crippen molar-refractivity contribution < 1.29 is 9.53 Å². The Balaban J connectivity index is 1.54. The minimum absolute atomic E-state index is 0.339. The van der Waals surface area contributed by atoms with Crippen LogP contribution in [-0.2, 0) is 11.3 Å². The number of hydrazine groups is 1. The molecule has 3 aromatic rings. The zero-order chi connectivity index (χ0) is 18.9. The van der Waals surface area contributed by atoms with Gasteiger partial charge in [-0.3, -0.25) is 20.2 Å². The summed E-state index contributed by atoms with van der Waals surface area (Å²) in [4.78, 5) is 20.0. The van der Waals surface area contributed by atoms with Crippen molar-refractivity contribution in [2.75, 3.05) is 0 Å². The monoisotopic (exact) mass is 360 g/mol. The van der Waals surface area contributed by atoms with Crippen LogP contribution >= 0.6 is 0 Å². The molecule has 0 unspecified atom stereocenters. The predicted octanol–water partition coefficient (Wildman–Crippen LogP) is 3.71. The summed E-state index contributed by atoms with van der Waals surface area (Å²) in [5, 5.41) is 0. The van der Waals surface area contributed by atoms with Crippen LogP contribution in [0, 0.1) is 6.92 Å². The SMILES string of the molecule is Cc1ccccc1Oc1cccc(N=CC(=O)NNCc2ccncc2)c1. The van der Waals surface area contributed by atoms with Gasteiger partial charge in [0, 0.05) is 25.0 Å². The Hall–Kier alpha value is -3.51. The lowest BCUT2D eigenvalue weighted by Gasteiger charge is -2.08. The van der Waals surface area contributed by atoms with E-state index in [2.05, 4.69) is 20.8 Å². The number of hydrogen-bond donors (Lipinski definition) is 2. The van der Waals surface area contributed by atoms with E-state index in [0.717, 1.165) is 16.9 Å². The van der Waals surface area contributed by atoms with Gasteiger partial charge in [0.2, 0.25) is 0 Å². The lowest BCUT2D eigenvalue weighted by atomic mass is 10.2. The Morgan fingerprint density at radius 1 is 1.11 bits per heavy atom. The maximum Gasteiger partial charge on any atom is 0.276 e. The largest absolute Gasteiger partial charge is 0.457 e. The van der Waals surface area contributed by atoms with Gasteiger partial charge in [0.1, 0.15) is 11.5 Å². The van der Waals surface area contributed by atoms with E-state index in [9.17, 15) is 4.79 Å². The molecule has 0 aliphatic heterocycles. The average Bonchev–Trinajstić information content (AvgIpc) is 2.69. The molecule has 1 aromatic heterocycles. The van der Waals surface area contributed by atoms with Gasteiger partial charge in [0.15, 0.2) is 0 Å². The van der Waals surface area contributed by atoms with E-state index in [0.29, 0.717) is 18.0 Å². The molecule has 0 fully saturated rings. The van der Waals surface area contributed by atoms with E-state index >= 15 is 0 Å². The van der Waals surface area contributed by atoms with Crippen molar-refractivity contribution >= 4 is 17.8 Å². The van der Waals surface area contributed by atoms with Gasteiger partial charge in [0.05, 0.1) is 11.9 Å². The Morgan fingerprint density at radius 2 is 1.93 bits per heavy atom. The molecule has 3 rings (SSSR count). The maximum atomic E-state index is 11.9. The number of ether oxygens (including phenoxy) is 1. The van der Waals surface area contributed by atoms with Gasteiger partial charge in [-0.15, -0.1) is 0 Å². The number of aryl methyl sites for hydroxylation is 1. The smallest absolute Gasteiger partial charge is 0.276 e. The van der Waals surface area contributed by atoms with E-state index in [1.54, 1.807) is 24.5 Å². The molecule has 0 aliphatic rings. The van der Waals surface area contributed by atoms with E-state index in [1.807, 2.05) is 55.5 Å². The van der Waals surface area contributed by atoms with Crippen LogP contribution in [0.15, 0.2) is 78.0 Å².